The summed E-state index contributed by atoms with van der Waals surface area (Å²) in [6.45, 7) is 1.63. The van der Waals surface area contributed by atoms with Gasteiger partial charge in [0, 0.05) is 19.0 Å². The molecule has 2 aliphatic rings. The molecule has 2 N–H and O–H groups in total. The molecule has 17 heavy (non-hydrogen) atoms. The van der Waals surface area contributed by atoms with Gasteiger partial charge in [-0.05, 0) is 25.3 Å². The highest BCUT2D eigenvalue weighted by Gasteiger charge is 2.47. The molecule has 0 saturated heterocycles. The lowest BCUT2D eigenvalue weighted by Gasteiger charge is -2.21. The number of nitrogens with one attached hydrogen (secondary N) is 2. The lowest BCUT2D eigenvalue weighted by Crippen LogP contribution is -2.32. The minimum absolute atomic E-state index is 0. The van der Waals surface area contributed by atoms with Crippen molar-refractivity contribution in [3.05, 3.63) is 0 Å². The fourth-order valence-corrected chi connectivity index (χ4v) is 3.04. The van der Waals surface area contributed by atoms with Crippen LogP contribution in [0.1, 0.15) is 38.5 Å². The molecule has 4 heteroatoms. The van der Waals surface area contributed by atoms with Gasteiger partial charge in [0.15, 0.2) is 0 Å². The number of carbonyl (C=O) groups is 1. The highest BCUT2D eigenvalue weighted by molar-refractivity contribution is 5.85. The van der Waals surface area contributed by atoms with E-state index in [1.807, 2.05) is 7.05 Å². The smallest absolute Gasteiger partial charge is 0.223 e. The summed E-state index contributed by atoms with van der Waals surface area (Å²) in [6, 6.07) is 0. The monoisotopic (exact) mass is 260 g/mol. The zero-order valence-electron chi connectivity index (χ0n) is 10.7. The standard InChI is InChI=1S/C13H24N2O.ClH/c1-14-7-8-15-13(16)12-9-11(12)10-5-3-2-4-6-10;/h10-12,14H,2-9H2,1H3,(H,15,16);1H. The van der Waals surface area contributed by atoms with Crippen LogP contribution in [0.15, 0.2) is 0 Å². The second-order valence-electron chi connectivity index (χ2n) is 5.30. The summed E-state index contributed by atoms with van der Waals surface area (Å²) < 4.78 is 0. The van der Waals surface area contributed by atoms with E-state index in [0.29, 0.717) is 11.8 Å². The van der Waals surface area contributed by atoms with Crippen LogP contribution in [-0.2, 0) is 4.79 Å². The molecule has 2 fully saturated rings. The van der Waals surface area contributed by atoms with Crippen LogP contribution in [0, 0.1) is 17.8 Å². The third-order valence-electron chi connectivity index (χ3n) is 4.11. The van der Waals surface area contributed by atoms with E-state index in [1.54, 1.807) is 0 Å². The van der Waals surface area contributed by atoms with Gasteiger partial charge < -0.3 is 10.6 Å². The number of hydrogen-bond acceptors (Lipinski definition) is 2. The molecule has 0 aliphatic heterocycles. The molecule has 3 nitrogen and oxygen atoms in total. The van der Waals surface area contributed by atoms with Crippen LogP contribution in [-0.4, -0.2) is 26.0 Å². The summed E-state index contributed by atoms with van der Waals surface area (Å²) in [6.07, 6.45) is 8.05. The van der Waals surface area contributed by atoms with Crippen LogP contribution in [0.5, 0.6) is 0 Å². The number of carbonyl (C=O) groups excluding carboxylic acids is 1. The van der Waals surface area contributed by atoms with Crippen molar-refractivity contribution in [2.45, 2.75) is 38.5 Å². The van der Waals surface area contributed by atoms with Crippen molar-refractivity contribution in [2.24, 2.45) is 17.8 Å². The van der Waals surface area contributed by atoms with Gasteiger partial charge in [-0.1, -0.05) is 32.1 Å². The van der Waals surface area contributed by atoms with E-state index in [0.717, 1.165) is 31.3 Å². The Balaban J connectivity index is 0.00000144. The Bertz CT molecular complexity index is 242. The first-order chi connectivity index (χ1) is 7.83. The van der Waals surface area contributed by atoms with Crippen molar-refractivity contribution in [1.82, 2.24) is 10.6 Å². The molecular formula is C13H25ClN2O. The number of hydrogen-bond donors (Lipinski definition) is 2. The van der Waals surface area contributed by atoms with Crippen LogP contribution in [0.2, 0.25) is 0 Å². The third kappa shape index (κ3) is 4.14. The van der Waals surface area contributed by atoms with Gasteiger partial charge in [-0.25, -0.2) is 0 Å². The average Bonchev–Trinajstić information content (AvgIpc) is 3.10. The summed E-state index contributed by atoms with van der Waals surface area (Å²) in [5, 5.41) is 6.06. The lowest BCUT2D eigenvalue weighted by atomic mass is 9.85. The molecule has 2 atom stereocenters. The number of rotatable bonds is 5. The molecule has 1 amide bonds. The van der Waals surface area contributed by atoms with Gasteiger partial charge in [0.05, 0.1) is 0 Å². The molecule has 2 aliphatic carbocycles. The van der Waals surface area contributed by atoms with E-state index in [1.165, 1.54) is 32.1 Å². The van der Waals surface area contributed by atoms with Gasteiger partial charge in [0.2, 0.25) is 5.91 Å². The Hall–Kier alpha value is -0.280. The second-order valence-corrected chi connectivity index (χ2v) is 5.30. The fourth-order valence-electron chi connectivity index (χ4n) is 3.04. The molecule has 0 spiro atoms. The normalized spacial score (nSPS) is 28.3. The molecule has 0 bridgehead atoms. The summed E-state index contributed by atoms with van der Waals surface area (Å²) in [7, 11) is 1.91. The SMILES string of the molecule is CNCCNC(=O)C1CC1C1CCCCC1.Cl. The van der Waals surface area contributed by atoms with Crippen molar-refractivity contribution in [2.75, 3.05) is 20.1 Å². The minimum atomic E-state index is 0. The van der Waals surface area contributed by atoms with E-state index < -0.39 is 0 Å². The Labute approximate surface area is 111 Å². The first-order valence-electron chi connectivity index (χ1n) is 6.75. The van der Waals surface area contributed by atoms with E-state index in [2.05, 4.69) is 10.6 Å². The lowest BCUT2D eigenvalue weighted by molar-refractivity contribution is -0.122. The van der Waals surface area contributed by atoms with Gasteiger partial charge in [-0.2, -0.15) is 0 Å². The van der Waals surface area contributed by atoms with Gasteiger partial charge in [0.25, 0.3) is 0 Å². The van der Waals surface area contributed by atoms with E-state index in [-0.39, 0.29) is 12.4 Å². The molecule has 0 aromatic heterocycles. The first kappa shape index (κ1) is 14.8. The van der Waals surface area contributed by atoms with Gasteiger partial charge in [-0.15, -0.1) is 12.4 Å². The van der Waals surface area contributed by atoms with Crippen LogP contribution < -0.4 is 10.6 Å². The Kier molecular flexibility index (Phi) is 6.28. The Morgan fingerprint density at radius 3 is 2.53 bits per heavy atom. The zero-order valence-corrected chi connectivity index (χ0v) is 11.5. The second kappa shape index (κ2) is 7.22. The number of likely N-dealkylation sites (N-methyl/N-ethyl adjacent to an activating group) is 1. The largest absolute Gasteiger partial charge is 0.355 e. The van der Waals surface area contributed by atoms with E-state index >= 15 is 0 Å². The summed E-state index contributed by atoms with van der Waals surface area (Å²) in [5.74, 6) is 2.22. The van der Waals surface area contributed by atoms with Crippen molar-refractivity contribution < 1.29 is 4.79 Å². The molecular weight excluding hydrogens is 236 g/mol. The van der Waals surface area contributed by atoms with Crippen LogP contribution >= 0.6 is 12.4 Å². The summed E-state index contributed by atoms with van der Waals surface area (Å²) >= 11 is 0. The minimum Gasteiger partial charge on any atom is -0.355 e. The topological polar surface area (TPSA) is 41.1 Å². The number of halogens is 1. The van der Waals surface area contributed by atoms with Crippen LogP contribution in [0.25, 0.3) is 0 Å². The molecule has 2 rings (SSSR count). The molecule has 0 aromatic carbocycles. The maximum Gasteiger partial charge on any atom is 0.223 e. The summed E-state index contributed by atoms with van der Waals surface area (Å²) in [4.78, 5) is 11.8. The van der Waals surface area contributed by atoms with Crippen molar-refractivity contribution in [3.63, 3.8) is 0 Å². The van der Waals surface area contributed by atoms with Crippen molar-refractivity contribution in [3.8, 4) is 0 Å². The molecule has 100 valence electrons. The molecule has 0 radical (unpaired) electrons. The highest BCUT2D eigenvalue weighted by atomic mass is 35.5. The Morgan fingerprint density at radius 1 is 1.18 bits per heavy atom. The first-order valence-corrected chi connectivity index (χ1v) is 6.75. The van der Waals surface area contributed by atoms with E-state index in [4.69, 9.17) is 0 Å². The molecule has 2 saturated carbocycles. The fraction of sp³-hybridized carbons (Fsp3) is 0.923. The van der Waals surface area contributed by atoms with Gasteiger partial charge >= 0.3 is 0 Å². The molecule has 0 aromatic rings. The van der Waals surface area contributed by atoms with Crippen molar-refractivity contribution in [1.29, 1.82) is 0 Å². The maximum absolute atomic E-state index is 11.8. The van der Waals surface area contributed by atoms with Crippen LogP contribution in [0.3, 0.4) is 0 Å². The van der Waals surface area contributed by atoms with Crippen molar-refractivity contribution >= 4 is 18.3 Å². The maximum atomic E-state index is 11.8. The average molecular weight is 261 g/mol. The predicted molar refractivity (Wildman–Crippen MR) is 72.4 cm³/mol. The quantitative estimate of drug-likeness (QED) is 0.742. The highest BCUT2D eigenvalue weighted by Crippen LogP contribution is 2.49. The molecule has 0 heterocycles. The van der Waals surface area contributed by atoms with Gasteiger partial charge in [-0.3, -0.25) is 4.79 Å². The number of amides is 1. The predicted octanol–water partition coefficient (Wildman–Crippen LogP) is 1.96. The van der Waals surface area contributed by atoms with Gasteiger partial charge in [0.1, 0.15) is 0 Å². The van der Waals surface area contributed by atoms with Crippen LogP contribution in [0.4, 0.5) is 0 Å². The third-order valence-corrected chi connectivity index (χ3v) is 4.11. The van der Waals surface area contributed by atoms with E-state index in [9.17, 15) is 4.79 Å². The summed E-state index contributed by atoms with van der Waals surface area (Å²) in [5.41, 5.74) is 0. The molecule has 2 unspecified atom stereocenters. The Morgan fingerprint density at radius 2 is 1.88 bits per heavy atom. The zero-order chi connectivity index (χ0) is 11.4.